The predicted molar refractivity (Wildman–Crippen MR) is 114 cm³/mol. The highest BCUT2D eigenvalue weighted by atomic mass is 127. The summed E-state index contributed by atoms with van der Waals surface area (Å²) in [4.78, 5) is 21.1. The number of amides is 1. The van der Waals surface area contributed by atoms with Gasteiger partial charge in [0.05, 0.1) is 13.2 Å². The lowest BCUT2D eigenvalue weighted by Crippen LogP contribution is -2.56. The van der Waals surface area contributed by atoms with Crippen molar-refractivity contribution in [3.63, 3.8) is 0 Å². The molecule has 3 rings (SSSR count). The van der Waals surface area contributed by atoms with Gasteiger partial charge in [-0.3, -0.25) is 14.7 Å². The van der Waals surface area contributed by atoms with Crippen LogP contribution >= 0.6 is 24.0 Å². The average Bonchev–Trinajstić information content (AvgIpc) is 3.26. The van der Waals surface area contributed by atoms with Gasteiger partial charge in [0, 0.05) is 52.9 Å². The highest BCUT2D eigenvalue weighted by Gasteiger charge is 2.42. The monoisotopic (exact) mass is 479 g/mol. The van der Waals surface area contributed by atoms with E-state index in [1.807, 2.05) is 0 Å². The Morgan fingerprint density at radius 1 is 1.15 bits per heavy atom. The van der Waals surface area contributed by atoms with Crippen molar-refractivity contribution in [1.82, 2.24) is 20.4 Å². The first kappa shape index (κ1) is 21.7. The second-order valence-electron chi connectivity index (χ2n) is 7.51. The van der Waals surface area contributed by atoms with Crippen molar-refractivity contribution in [2.45, 2.75) is 31.7 Å². The Bertz CT molecular complexity index is 482. The van der Waals surface area contributed by atoms with E-state index in [1.54, 1.807) is 14.2 Å². The number of rotatable bonds is 6. The zero-order chi connectivity index (χ0) is 17.6. The van der Waals surface area contributed by atoms with Crippen LogP contribution in [-0.2, 0) is 9.53 Å². The van der Waals surface area contributed by atoms with Crippen LogP contribution in [0.4, 0.5) is 0 Å². The molecule has 2 bridgehead atoms. The van der Waals surface area contributed by atoms with Crippen LogP contribution in [0.3, 0.4) is 0 Å². The zero-order valence-electron chi connectivity index (χ0n) is 16.1. The highest BCUT2D eigenvalue weighted by molar-refractivity contribution is 14.0. The Hall–Kier alpha value is -0.610. The number of carbonyl (C=O) groups excluding carboxylic acids is 1. The summed E-state index contributed by atoms with van der Waals surface area (Å²) in [5.41, 5.74) is 0. The molecule has 1 amide bonds. The molecule has 7 nitrogen and oxygen atoms in total. The number of hydrogen-bond donors (Lipinski definition) is 2. The van der Waals surface area contributed by atoms with Crippen LogP contribution in [0, 0.1) is 11.8 Å². The summed E-state index contributed by atoms with van der Waals surface area (Å²) >= 11 is 0. The third-order valence-corrected chi connectivity index (χ3v) is 6.03. The van der Waals surface area contributed by atoms with E-state index >= 15 is 0 Å². The number of aliphatic imine (C=N–C) groups is 1. The molecule has 0 aromatic carbocycles. The Morgan fingerprint density at radius 3 is 2.50 bits per heavy atom. The lowest BCUT2D eigenvalue weighted by atomic mass is 9.93. The van der Waals surface area contributed by atoms with Crippen molar-refractivity contribution >= 4 is 35.8 Å². The average molecular weight is 479 g/mol. The summed E-state index contributed by atoms with van der Waals surface area (Å²) in [5.74, 6) is 2.75. The zero-order valence-corrected chi connectivity index (χ0v) is 18.4. The lowest BCUT2D eigenvalue weighted by Gasteiger charge is -2.41. The molecule has 3 fully saturated rings. The van der Waals surface area contributed by atoms with E-state index in [4.69, 9.17) is 4.74 Å². The van der Waals surface area contributed by atoms with Gasteiger partial charge < -0.3 is 20.3 Å². The van der Waals surface area contributed by atoms with Gasteiger partial charge in [-0.2, -0.15) is 0 Å². The van der Waals surface area contributed by atoms with Crippen LogP contribution in [0.1, 0.15) is 25.7 Å². The number of nitrogens with one attached hydrogen (secondary N) is 2. The molecule has 26 heavy (non-hydrogen) atoms. The smallest absolute Gasteiger partial charge is 0.239 e. The van der Waals surface area contributed by atoms with Crippen LogP contribution in [-0.4, -0.2) is 87.7 Å². The van der Waals surface area contributed by atoms with Crippen LogP contribution in [0.5, 0.6) is 0 Å². The molecule has 1 saturated heterocycles. The van der Waals surface area contributed by atoms with Gasteiger partial charge in [-0.1, -0.05) is 6.42 Å². The molecule has 3 atom stereocenters. The first-order valence-electron chi connectivity index (χ1n) is 9.66. The summed E-state index contributed by atoms with van der Waals surface area (Å²) in [6, 6.07) is 0.822. The van der Waals surface area contributed by atoms with E-state index in [0.717, 1.165) is 50.0 Å². The second-order valence-corrected chi connectivity index (χ2v) is 7.51. The van der Waals surface area contributed by atoms with Crippen LogP contribution in [0.2, 0.25) is 0 Å². The van der Waals surface area contributed by atoms with Gasteiger partial charge in [0.2, 0.25) is 5.91 Å². The molecule has 0 radical (unpaired) electrons. The summed E-state index contributed by atoms with van der Waals surface area (Å²) in [5, 5.41) is 6.00. The molecule has 3 aliphatic rings. The van der Waals surface area contributed by atoms with Crippen molar-refractivity contribution in [3.8, 4) is 0 Å². The van der Waals surface area contributed by atoms with E-state index in [2.05, 4.69) is 25.4 Å². The van der Waals surface area contributed by atoms with Gasteiger partial charge in [-0.05, 0) is 31.1 Å². The molecule has 2 aliphatic carbocycles. The summed E-state index contributed by atoms with van der Waals surface area (Å²) in [7, 11) is 3.41. The molecular weight excluding hydrogens is 445 g/mol. The standard InChI is InChI=1S/C18H33N5O2.HI/c1-19-18(21-13-17(24)20-5-10-25-2)23-8-6-22(7-9-23)16-12-14-3-4-15(16)11-14;/h14-16H,3-13H2,1-2H3,(H,19,21)(H,20,24);1H. The maximum absolute atomic E-state index is 11.8. The Labute approximate surface area is 174 Å². The van der Waals surface area contributed by atoms with Crippen LogP contribution in [0.15, 0.2) is 4.99 Å². The van der Waals surface area contributed by atoms with E-state index in [9.17, 15) is 4.79 Å². The van der Waals surface area contributed by atoms with Crippen LogP contribution < -0.4 is 10.6 Å². The number of halogens is 1. The van der Waals surface area contributed by atoms with Crippen molar-refractivity contribution in [1.29, 1.82) is 0 Å². The highest BCUT2D eigenvalue weighted by Crippen LogP contribution is 2.46. The minimum Gasteiger partial charge on any atom is -0.383 e. The van der Waals surface area contributed by atoms with Gasteiger partial charge in [0.25, 0.3) is 0 Å². The van der Waals surface area contributed by atoms with Crippen LogP contribution in [0.25, 0.3) is 0 Å². The number of fused-ring (bicyclic) bond motifs is 2. The molecule has 0 aromatic rings. The van der Waals surface area contributed by atoms with Crippen molar-refractivity contribution < 1.29 is 9.53 Å². The predicted octanol–water partition coefficient (Wildman–Crippen LogP) is 0.749. The maximum atomic E-state index is 11.8. The minimum absolute atomic E-state index is 0. The number of ether oxygens (including phenoxy) is 1. The summed E-state index contributed by atoms with van der Waals surface area (Å²) < 4.78 is 4.93. The number of methoxy groups -OCH3 is 1. The Morgan fingerprint density at radius 2 is 1.92 bits per heavy atom. The number of nitrogens with zero attached hydrogens (tertiary/aromatic N) is 3. The van der Waals surface area contributed by atoms with Gasteiger partial charge in [0.1, 0.15) is 0 Å². The third-order valence-electron chi connectivity index (χ3n) is 6.03. The van der Waals surface area contributed by atoms with Gasteiger partial charge in [0.15, 0.2) is 5.96 Å². The van der Waals surface area contributed by atoms with Gasteiger partial charge >= 0.3 is 0 Å². The maximum Gasteiger partial charge on any atom is 0.239 e. The normalized spacial score (nSPS) is 28.8. The van der Waals surface area contributed by atoms with E-state index in [0.29, 0.717) is 13.2 Å². The number of carbonyl (C=O) groups is 1. The first-order valence-corrected chi connectivity index (χ1v) is 9.66. The summed E-state index contributed by atoms with van der Waals surface area (Å²) in [6.07, 6.45) is 5.78. The van der Waals surface area contributed by atoms with Crippen molar-refractivity contribution in [3.05, 3.63) is 0 Å². The van der Waals surface area contributed by atoms with E-state index in [1.165, 1.54) is 25.7 Å². The molecule has 0 spiro atoms. The topological polar surface area (TPSA) is 69.2 Å². The Balaban J connectivity index is 0.00000243. The van der Waals surface area contributed by atoms with Crippen molar-refractivity contribution in [2.24, 2.45) is 16.8 Å². The first-order chi connectivity index (χ1) is 12.2. The molecule has 8 heteroatoms. The second kappa shape index (κ2) is 10.7. The fourth-order valence-electron chi connectivity index (χ4n) is 4.77. The molecule has 2 saturated carbocycles. The summed E-state index contributed by atoms with van der Waals surface area (Å²) in [6.45, 7) is 5.51. The number of hydrogen-bond acceptors (Lipinski definition) is 4. The Kier molecular flexibility index (Phi) is 8.89. The number of guanidine groups is 1. The molecule has 0 aromatic heterocycles. The fraction of sp³-hybridized carbons (Fsp3) is 0.889. The SMILES string of the molecule is CN=C(NCC(=O)NCCOC)N1CCN(C2CC3CCC2C3)CC1.I. The fourth-order valence-corrected chi connectivity index (χ4v) is 4.77. The molecular formula is C18H34IN5O2. The number of piperazine rings is 1. The van der Waals surface area contributed by atoms with E-state index < -0.39 is 0 Å². The molecule has 150 valence electrons. The molecule has 1 heterocycles. The van der Waals surface area contributed by atoms with Crippen molar-refractivity contribution in [2.75, 3.05) is 60.0 Å². The molecule has 1 aliphatic heterocycles. The largest absolute Gasteiger partial charge is 0.383 e. The quantitative estimate of drug-likeness (QED) is 0.255. The molecule has 3 unspecified atom stereocenters. The van der Waals surface area contributed by atoms with E-state index in [-0.39, 0.29) is 36.4 Å². The third kappa shape index (κ3) is 5.45. The van der Waals surface area contributed by atoms with Gasteiger partial charge in [-0.25, -0.2) is 0 Å². The minimum atomic E-state index is -0.0289. The van der Waals surface area contributed by atoms with Gasteiger partial charge in [-0.15, -0.1) is 24.0 Å². The lowest BCUT2D eigenvalue weighted by molar-refractivity contribution is -0.120. The molecule has 2 N–H and O–H groups in total.